The number of piperidine rings is 2. The number of nitrogens with zero attached hydrogens (tertiary/aromatic N) is 8. The quantitative estimate of drug-likeness (QED) is 0.141. The Hall–Kier alpha value is -4.75. The molecule has 4 aromatic heterocycles. The molecule has 2 aliphatic heterocycles. The molecule has 2 saturated heterocycles. The molecule has 0 saturated carbocycles. The predicted octanol–water partition coefficient (Wildman–Crippen LogP) is 8.06. The number of benzene rings is 2. The zero-order chi connectivity index (χ0) is 40.3. The number of nitrogens with one attached hydrogen (secondary N) is 1. The van der Waals surface area contributed by atoms with Gasteiger partial charge in [0, 0.05) is 29.8 Å². The van der Waals surface area contributed by atoms with E-state index in [0.717, 1.165) is 70.1 Å². The summed E-state index contributed by atoms with van der Waals surface area (Å²) in [5.41, 5.74) is 11.2. The first-order valence-corrected chi connectivity index (χ1v) is 20.6. The van der Waals surface area contributed by atoms with Gasteiger partial charge in [0.25, 0.3) is 0 Å². The van der Waals surface area contributed by atoms with Crippen molar-refractivity contribution in [3.63, 3.8) is 0 Å². The van der Waals surface area contributed by atoms with Gasteiger partial charge in [-0.25, -0.2) is 19.0 Å². The number of aromatic nitrogens is 6. The van der Waals surface area contributed by atoms with E-state index in [0.29, 0.717) is 23.2 Å². The number of hydrogen-bond donors (Lipinski definition) is 2. The number of methoxy groups -OCH3 is 2. The third kappa shape index (κ3) is 11.0. The minimum atomic E-state index is 0.440. The summed E-state index contributed by atoms with van der Waals surface area (Å²) in [5, 5.41) is 13.0. The molecule has 0 unspecified atom stereocenters. The number of rotatable bonds is 10. The molecule has 8 rings (SSSR count). The van der Waals surface area contributed by atoms with Gasteiger partial charge in [0.05, 0.1) is 38.0 Å². The normalized spacial score (nSPS) is 15.7. The van der Waals surface area contributed by atoms with Crippen molar-refractivity contribution in [3.8, 4) is 34.0 Å². The van der Waals surface area contributed by atoms with Crippen LogP contribution < -0.4 is 20.5 Å². The van der Waals surface area contributed by atoms with Gasteiger partial charge in [-0.05, 0) is 171 Å². The van der Waals surface area contributed by atoms with Crippen molar-refractivity contribution in [1.82, 2.24) is 39.0 Å². The van der Waals surface area contributed by atoms with Crippen LogP contribution in [0, 0.1) is 11.8 Å². The molecule has 2 aromatic carbocycles. The maximum atomic E-state index is 5.90. The van der Waals surface area contributed by atoms with Crippen LogP contribution in [0.2, 0.25) is 5.15 Å². The first-order valence-electron chi connectivity index (χ1n) is 20.2. The van der Waals surface area contributed by atoms with Crippen LogP contribution in [-0.4, -0.2) is 105 Å². The van der Waals surface area contributed by atoms with Crippen LogP contribution in [0.25, 0.3) is 33.8 Å². The van der Waals surface area contributed by atoms with Gasteiger partial charge in [-0.15, -0.1) is 5.10 Å². The Kier molecular flexibility index (Phi) is 14.8. The van der Waals surface area contributed by atoms with E-state index in [-0.39, 0.29) is 0 Å². The molecule has 0 radical (unpaired) electrons. The number of anilines is 1. The molecule has 2 fully saturated rings. The maximum Gasteiger partial charge on any atom is 0.154 e. The summed E-state index contributed by atoms with van der Waals surface area (Å²) in [6, 6.07) is 24.7. The fraction of sp³-hybridized carbons (Fsp3) is 0.455. The van der Waals surface area contributed by atoms with E-state index < -0.39 is 0 Å². The van der Waals surface area contributed by atoms with Crippen molar-refractivity contribution < 1.29 is 9.47 Å². The molecule has 0 amide bonds. The second-order valence-corrected chi connectivity index (χ2v) is 15.8. The lowest BCUT2D eigenvalue weighted by Crippen LogP contribution is -2.40. The van der Waals surface area contributed by atoms with Crippen LogP contribution in [0.5, 0.6) is 11.5 Å². The van der Waals surface area contributed by atoms with E-state index in [2.05, 4.69) is 57.9 Å². The van der Waals surface area contributed by atoms with Gasteiger partial charge in [0.15, 0.2) is 11.3 Å². The van der Waals surface area contributed by atoms with Crippen molar-refractivity contribution in [2.24, 2.45) is 17.6 Å². The van der Waals surface area contributed by atoms with Crippen LogP contribution >= 0.6 is 11.6 Å². The van der Waals surface area contributed by atoms with Crippen LogP contribution in [0.15, 0.2) is 85.2 Å². The molecule has 13 heteroatoms. The van der Waals surface area contributed by atoms with Crippen LogP contribution in [-0.2, 0) is 0 Å². The monoisotopic (exact) mass is 794 g/mol. The lowest BCUT2D eigenvalue weighted by atomic mass is 9.96. The molecular weight excluding hydrogens is 736 g/mol. The molecule has 0 aliphatic carbocycles. The van der Waals surface area contributed by atoms with E-state index in [1.807, 2.05) is 77.4 Å². The van der Waals surface area contributed by atoms with Gasteiger partial charge in [0.1, 0.15) is 22.5 Å². The second-order valence-electron chi connectivity index (χ2n) is 15.4. The highest BCUT2D eigenvalue weighted by atomic mass is 35.5. The number of ether oxygens (including phenoxy) is 2. The van der Waals surface area contributed by atoms with Crippen molar-refractivity contribution in [2.75, 3.05) is 58.8 Å². The van der Waals surface area contributed by atoms with Gasteiger partial charge in [-0.2, -0.15) is 5.10 Å². The van der Waals surface area contributed by atoms with Crippen molar-refractivity contribution in [2.45, 2.75) is 65.5 Å². The summed E-state index contributed by atoms with van der Waals surface area (Å²) >= 11 is 5.90. The van der Waals surface area contributed by atoms with Gasteiger partial charge in [-0.1, -0.05) is 11.6 Å². The number of fused-ring (bicyclic) bond motifs is 2. The molecule has 0 bridgehead atoms. The highest BCUT2D eigenvalue weighted by molar-refractivity contribution is 6.29. The molecule has 6 aromatic rings. The predicted molar refractivity (Wildman–Crippen MR) is 231 cm³/mol. The first-order chi connectivity index (χ1) is 27.6. The summed E-state index contributed by atoms with van der Waals surface area (Å²) in [6.07, 6.45) is 8.74. The van der Waals surface area contributed by atoms with E-state index in [1.165, 1.54) is 51.9 Å². The van der Waals surface area contributed by atoms with Crippen LogP contribution in [0.3, 0.4) is 0 Å². The van der Waals surface area contributed by atoms with Gasteiger partial charge in [0.2, 0.25) is 0 Å². The second kappa shape index (κ2) is 20.1. The number of likely N-dealkylation sites (tertiary alicyclic amines) is 2. The molecule has 3 N–H and O–H groups in total. The Bertz CT molecular complexity index is 2120. The maximum absolute atomic E-state index is 5.90. The fourth-order valence-corrected chi connectivity index (χ4v) is 7.50. The average molecular weight is 795 g/mol. The molecule has 12 nitrogen and oxygen atoms in total. The largest absolute Gasteiger partial charge is 0.497 e. The summed E-state index contributed by atoms with van der Waals surface area (Å²) < 4.78 is 14.0. The van der Waals surface area contributed by atoms with Crippen LogP contribution in [0.1, 0.15) is 53.4 Å². The molecule has 0 atom stereocenters. The van der Waals surface area contributed by atoms with E-state index in [1.54, 1.807) is 31.0 Å². The molecule has 2 aliphatic rings. The average Bonchev–Trinajstić information content (AvgIpc) is 3.87. The van der Waals surface area contributed by atoms with E-state index >= 15 is 0 Å². The zero-order valence-electron chi connectivity index (χ0n) is 34.3. The first kappa shape index (κ1) is 41.9. The Morgan fingerprint density at radius 1 is 0.649 bits per heavy atom. The Morgan fingerprint density at radius 3 is 1.56 bits per heavy atom. The van der Waals surface area contributed by atoms with E-state index in [9.17, 15) is 0 Å². The minimum Gasteiger partial charge on any atom is -0.497 e. The molecule has 0 spiro atoms. The smallest absolute Gasteiger partial charge is 0.154 e. The molecular formula is C44H59ClN10O2. The Morgan fingerprint density at radius 2 is 1.11 bits per heavy atom. The van der Waals surface area contributed by atoms with Crippen molar-refractivity contribution in [3.05, 3.63) is 90.3 Å². The summed E-state index contributed by atoms with van der Waals surface area (Å²) in [6.45, 7) is 15.8. The van der Waals surface area contributed by atoms with E-state index in [4.69, 9.17) is 31.9 Å². The molecule has 57 heavy (non-hydrogen) atoms. The SMILES string of the molecule is CC(C)N1CCC(CN)CC1.COc1ccc(-c2cnc3ccc(Cl)nn23)cc1.COc1ccc(-c2cnc3ccc(NCC4CCN(C(C)C)CC4)nn23)cc1. The van der Waals surface area contributed by atoms with Gasteiger partial charge in [-0.3, -0.25) is 0 Å². The summed E-state index contributed by atoms with van der Waals surface area (Å²) in [4.78, 5) is 13.9. The van der Waals surface area contributed by atoms with Gasteiger partial charge >= 0.3 is 0 Å². The lowest BCUT2D eigenvalue weighted by Gasteiger charge is -2.34. The van der Waals surface area contributed by atoms with Gasteiger partial charge < -0.3 is 30.3 Å². The number of halogens is 1. The summed E-state index contributed by atoms with van der Waals surface area (Å²) in [5.74, 6) is 4.06. The Balaban J connectivity index is 0.000000161. The number of imidazole rings is 2. The highest BCUT2D eigenvalue weighted by Gasteiger charge is 2.21. The zero-order valence-corrected chi connectivity index (χ0v) is 35.1. The van der Waals surface area contributed by atoms with Crippen LogP contribution in [0.4, 0.5) is 5.82 Å². The number of nitrogens with two attached hydrogens (primary N) is 1. The standard InChI is InChI=1S/C22H29N5O.C13H10ClN3O.C9H20N2/c1-16(2)26-12-10-17(11-13-26)14-23-21-8-9-22-24-15-20(27(22)25-21)18-4-6-19(28-3)7-5-18;1-18-10-4-2-9(3-5-10)11-8-15-13-7-6-12(14)16-17(11)13;1-8(2)11-5-3-9(7-10)4-6-11/h4-9,15-17H,10-14H2,1-3H3,(H,23,25);2-8H,1H3;8-9H,3-7,10H2,1-2H3. The lowest BCUT2D eigenvalue weighted by molar-refractivity contribution is 0.152. The topological polar surface area (TPSA) is 123 Å². The Labute approximate surface area is 342 Å². The minimum absolute atomic E-state index is 0.440. The van der Waals surface area contributed by atoms with Crippen molar-refractivity contribution in [1.29, 1.82) is 0 Å². The molecule has 6 heterocycles. The third-order valence-corrected chi connectivity index (χ3v) is 11.3. The summed E-state index contributed by atoms with van der Waals surface area (Å²) in [7, 11) is 3.32. The highest BCUT2D eigenvalue weighted by Crippen LogP contribution is 2.26. The molecule has 304 valence electrons. The fourth-order valence-electron chi connectivity index (χ4n) is 7.36. The van der Waals surface area contributed by atoms with Crippen molar-refractivity contribution >= 4 is 28.7 Å². The third-order valence-electron chi connectivity index (χ3n) is 11.1. The number of hydrogen-bond acceptors (Lipinski definition) is 10.